The lowest BCUT2D eigenvalue weighted by Crippen LogP contribution is -2.53. The van der Waals surface area contributed by atoms with Gasteiger partial charge in [-0.2, -0.15) is 0 Å². The predicted octanol–water partition coefficient (Wildman–Crippen LogP) is 1.32. The Kier molecular flexibility index (Phi) is 4.76. The molecule has 0 spiro atoms. The van der Waals surface area contributed by atoms with Crippen LogP contribution < -0.4 is 0 Å². The summed E-state index contributed by atoms with van der Waals surface area (Å²) < 4.78 is 0. The molecule has 1 N–H and O–H groups in total. The van der Waals surface area contributed by atoms with E-state index in [1.54, 1.807) is 16.7 Å². The minimum absolute atomic E-state index is 0.0394. The van der Waals surface area contributed by atoms with E-state index in [0.717, 1.165) is 25.9 Å². The maximum atomic E-state index is 12.5. The molecule has 6 nitrogen and oxygen atoms in total. The van der Waals surface area contributed by atoms with Gasteiger partial charge >= 0.3 is 12.0 Å². The fourth-order valence-electron chi connectivity index (χ4n) is 3.42. The topological polar surface area (TPSA) is 64.1 Å². The molecule has 0 aromatic rings. The van der Waals surface area contributed by atoms with Gasteiger partial charge in [0, 0.05) is 32.7 Å². The van der Waals surface area contributed by atoms with Crippen molar-refractivity contribution < 1.29 is 14.7 Å². The summed E-state index contributed by atoms with van der Waals surface area (Å²) >= 11 is 0. The second-order valence-corrected chi connectivity index (χ2v) is 6.83. The lowest BCUT2D eigenvalue weighted by atomic mass is 9.82. The molecule has 0 aromatic heterocycles. The molecule has 0 saturated carbocycles. The van der Waals surface area contributed by atoms with Crippen molar-refractivity contribution in [3.8, 4) is 0 Å². The molecule has 2 rings (SSSR count). The van der Waals surface area contributed by atoms with E-state index in [1.807, 2.05) is 7.05 Å². The van der Waals surface area contributed by atoms with Crippen LogP contribution in [0.25, 0.3) is 0 Å². The van der Waals surface area contributed by atoms with Crippen molar-refractivity contribution in [2.24, 2.45) is 5.41 Å². The van der Waals surface area contributed by atoms with E-state index in [2.05, 4.69) is 11.9 Å². The highest BCUT2D eigenvalue weighted by atomic mass is 16.4. The van der Waals surface area contributed by atoms with Gasteiger partial charge in [-0.05, 0) is 46.2 Å². The first-order chi connectivity index (χ1) is 9.83. The van der Waals surface area contributed by atoms with E-state index < -0.39 is 11.4 Å². The molecule has 2 saturated heterocycles. The van der Waals surface area contributed by atoms with Crippen molar-refractivity contribution in [3.05, 3.63) is 0 Å². The summed E-state index contributed by atoms with van der Waals surface area (Å²) in [5.41, 5.74) is -0.807. The Labute approximate surface area is 126 Å². The zero-order valence-corrected chi connectivity index (χ0v) is 13.3. The van der Waals surface area contributed by atoms with Crippen LogP contribution in [-0.4, -0.2) is 78.1 Å². The maximum Gasteiger partial charge on any atom is 0.319 e. The number of amides is 2. The normalized spacial score (nSPS) is 30.4. The number of likely N-dealkylation sites (N-methyl/N-ethyl adjacent to an activating group) is 2. The lowest BCUT2D eigenvalue weighted by Gasteiger charge is -2.39. The number of rotatable bonds is 3. The van der Waals surface area contributed by atoms with Crippen molar-refractivity contribution in [3.63, 3.8) is 0 Å². The smallest absolute Gasteiger partial charge is 0.319 e. The lowest BCUT2D eigenvalue weighted by molar-refractivity contribution is -0.150. The van der Waals surface area contributed by atoms with Crippen LogP contribution in [0.2, 0.25) is 0 Å². The Morgan fingerprint density at radius 1 is 1.33 bits per heavy atom. The van der Waals surface area contributed by atoms with E-state index in [4.69, 9.17) is 0 Å². The number of hydrogen-bond donors (Lipinski definition) is 1. The van der Waals surface area contributed by atoms with Crippen molar-refractivity contribution in [1.29, 1.82) is 0 Å². The van der Waals surface area contributed by atoms with Crippen molar-refractivity contribution in [2.45, 2.75) is 38.6 Å². The van der Waals surface area contributed by atoms with Crippen LogP contribution in [0.15, 0.2) is 0 Å². The molecule has 0 aliphatic carbocycles. The van der Waals surface area contributed by atoms with Gasteiger partial charge in [-0.25, -0.2) is 4.79 Å². The molecule has 2 aliphatic heterocycles. The Bertz CT molecular complexity index is 415. The minimum Gasteiger partial charge on any atom is -0.481 e. The summed E-state index contributed by atoms with van der Waals surface area (Å²) in [4.78, 5) is 29.7. The zero-order valence-electron chi connectivity index (χ0n) is 13.3. The number of likely N-dealkylation sites (tertiary alicyclic amines) is 2. The first-order valence-electron chi connectivity index (χ1n) is 7.77. The maximum absolute atomic E-state index is 12.5. The fraction of sp³-hybridized carbons (Fsp3) is 0.867. The molecule has 2 heterocycles. The van der Waals surface area contributed by atoms with Crippen LogP contribution in [0.4, 0.5) is 4.79 Å². The molecule has 21 heavy (non-hydrogen) atoms. The summed E-state index contributed by atoms with van der Waals surface area (Å²) in [7, 11) is 3.92. The van der Waals surface area contributed by atoms with E-state index >= 15 is 0 Å². The van der Waals surface area contributed by atoms with E-state index in [-0.39, 0.29) is 6.03 Å². The summed E-state index contributed by atoms with van der Waals surface area (Å²) in [5, 5.41) is 9.34. The first-order valence-corrected chi connectivity index (χ1v) is 7.77. The Balaban J connectivity index is 1.94. The van der Waals surface area contributed by atoms with E-state index in [0.29, 0.717) is 25.6 Å². The third kappa shape index (κ3) is 3.48. The molecule has 0 bridgehead atoms. The van der Waals surface area contributed by atoms with E-state index in [1.165, 1.54) is 6.42 Å². The van der Waals surface area contributed by atoms with Gasteiger partial charge in [0.15, 0.2) is 0 Å². The molecule has 2 amide bonds. The number of carbonyl (C=O) groups excluding carboxylic acids is 1. The summed E-state index contributed by atoms with van der Waals surface area (Å²) in [6.45, 7) is 4.52. The minimum atomic E-state index is -0.807. The Morgan fingerprint density at radius 3 is 2.62 bits per heavy atom. The van der Waals surface area contributed by atoms with Crippen LogP contribution in [-0.2, 0) is 4.79 Å². The zero-order chi connectivity index (χ0) is 15.6. The SMILES string of the molecule is CN(CC1CCCN1C)C(=O)N1CCCC(C)(C(=O)O)C1. The van der Waals surface area contributed by atoms with Gasteiger partial charge in [-0.3, -0.25) is 4.79 Å². The van der Waals surface area contributed by atoms with Crippen LogP contribution in [0.3, 0.4) is 0 Å². The monoisotopic (exact) mass is 297 g/mol. The van der Waals surface area contributed by atoms with Crippen molar-refractivity contribution in [1.82, 2.24) is 14.7 Å². The van der Waals surface area contributed by atoms with Gasteiger partial charge in [0.2, 0.25) is 0 Å². The van der Waals surface area contributed by atoms with E-state index in [9.17, 15) is 14.7 Å². The highest BCUT2D eigenvalue weighted by Crippen LogP contribution is 2.30. The van der Waals surface area contributed by atoms with Gasteiger partial charge in [-0.1, -0.05) is 0 Å². The third-order valence-electron chi connectivity index (χ3n) is 4.97. The largest absolute Gasteiger partial charge is 0.481 e. The average molecular weight is 297 g/mol. The highest BCUT2D eigenvalue weighted by Gasteiger charge is 2.40. The van der Waals surface area contributed by atoms with Gasteiger partial charge in [0.1, 0.15) is 0 Å². The van der Waals surface area contributed by atoms with Gasteiger partial charge < -0.3 is 19.8 Å². The van der Waals surface area contributed by atoms with Crippen LogP contribution >= 0.6 is 0 Å². The molecule has 2 atom stereocenters. The van der Waals surface area contributed by atoms with Gasteiger partial charge in [-0.15, -0.1) is 0 Å². The molecular formula is C15H27N3O3. The number of nitrogens with zero attached hydrogens (tertiary/aromatic N) is 3. The third-order valence-corrected chi connectivity index (χ3v) is 4.97. The van der Waals surface area contributed by atoms with Crippen molar-refractivity contribution >= 4 is 12.0 Å². The standard InChI is InChI=1S/C15H27N3O3/c1-15(13(19)20)7-5-9-18(11-15)14(21)17(3)10-12-6-4-8-16(12)2/h12H,4-11H2,1-3H3,(H,19,20). The summed E-state index contributed by atoms with van der Waals surface area (Å²) in [5.74, 6) is -0.807. The number of carboxylic acids is 1. The average Bonchev–Trinajstić information content (AvgIpc) is 2.83. The molecule has 0 radical (unpaired) electrons. The number of carbonyl (C=O) groups is 2. The quantitative estimate of drug-likeness (QED) is 0.853. The number of piperidine rings is 1. The molecular weight excluding hydrogens is 270 g/mol. The summed E-state index contributed by atoms with van der Waals surface area (Å²) in [6, 6.07) is 0.386. The second kappa shape index (κ2) is 6.22. The van der Waals surface area contributed by atoms with Gasteiger partial charge in [0.05, 0.1) is 5.41 Å². The molecule has 120 valence electrons. The highest BCUT2D eigenvalue weighted by molar-refractivity contribution is 5.78. The molecule has 6 heteroatoms. The molecule has 0 aromatic carbocycles. The molecule has 2 fully saturated rings. The Hall–Kier alpha value is -1.30. The number of hydrogen-bond acceptors (Lipinski definition) is 3. The Morgan fingerprint density at radius 2 is 2.05 bits per heavy atom. The predicted molar refractivity (Wildman–Crippen MR) is 80.2 cm³/mol. The fourth-order valence-corrected chi connectivity index (χ4v) is 3.42. The number of carboxylic acid groups (broad SMARTS) is 1. The van der Waals surface area contributed by atoms with Crippen LogP contribution in [0.1, 0.15) is 32.6 Å². The van der Waals surface area contributed by atoms with Crippen LogP contribution in [0, 0.1) is 5.41 Å². The second-order valence-electron chi connectivity index (χ2n) is 6.83. The number of urea groups is 1. The first kappa shape index (κ1) is 16.1. The molecule has 2 aliphatic rings. The van der Waals surface area contributed by atoms with Gasteiger partial charge in [0.25, 0.3) is 0 Å². The van der Waals surface area contributed by atoms with Crippen LogP contribution in [0.5, 0.6) is 0 Å². The summed E-state index contributed by atoms with van der Waals surface area (Å²) in [6.07, 6.45) is 3.71. The molecule has 2 unspecified atom stereocenters. The van der Waals surface area contributed by atoms with Crippen molar-refractivity contribution in [2.75, 3.05) is 40.3 Å². The number of aliphatic carboxylic acids is 1.